The van der Waals surface area contributed by atoms with Crippen LogP contribution >= 0.6 is 0 Å². The lowest BCUT2D eigenvalue weighted by Gasteiger charge is -2.19. The molecule has 2 N–H and O–H groups in total. The quantitative estimate of drug-likeness (QED) is 0.686. The van der Waals surface area contributed by atoms with E-state index in [1.165, 1.54) is 5.56 Å². The molecule has 5 nitrogen and oxygen atoms in total. The number of carbonyl (C=O) groups excluding carboxylic acids is 1. The third-order valence-electron chi connectivity index (χ3n) is 4.04. The van der Waals surface area contributed by atoms with Gasteiger partial charge in [-0.05, 0) is 24.5 Å². The summed E-state index contributed by atoms with van der Waals surface area (Å²) in [4.78, 5) is 21.0. The number of carbonyl (C=O) groups is 1. The lowest BCUT2D eigenvalue weighted by Crippen LogP contribution is -2.30. The predicted octanol–water partition coefficient (Wildman–Crippen LogP) is 3.62. The molecule has 0 saturated carbocycles. The van der Waals surface area contributed by atoms with Gasteiger partial charge in [-0.1, -0.05) is 60.7 Å². The number of nitrogens with zero attached hydrogens (tertiary/aromatic N) is 2. The van der Waals surface area contributed by atoms with Crippen LogP contribution in [-0.2, 0) is 6.42 Å². The van der Waals surface area contributed by atoms with Crippen molar-refractivity contribution in [2.45, 2.75) is 19.4 Å². The van der Waals surface area contributed by atoms with Crippen LogP contribution < -0.4 is 10.6 Å². The van der Waals surface area contributed by atoms with Gasteiger partial charge in [0.05, 0.1) is 11.6 Å². The maximum atomic E-state index is 12.7. The summed E-state index contributed by atoms with van der Waals surface area (Å²) in [5.41, 5.74) is 2.68. The summed E-state index contributed by atoms with van der Waals surface area (Å²) >= 11 is 0. The highest BCUT2D eigenvalue weighted by Gasteiger charge is 2.17. The maximum Gasteiger partial charge on any atom is 0.254 e. The topological polar surface area (TPSA) is 66.9 Å². The second kappa shape index (κ2) is 8.76. The molecule has 26 heavy (non-hydrogen) atoms. The Balaban J connectivity index is 1.77. The molecule has 0 bridgehead atoms. The summed E-state index contributed by atoms with van der Waals surface area (Å²) in [6.07, 6.45) is 3.81. The normalized spacial score (nSPS) is 11.6. The number of anilines is 1. The Morgan fingerprint density at radius 1 is 0.962 bits per heavy atom. The molecular weight excluding hydrogens is 324 g/mol. The van der Waals surface area contributed by atoms with Gasteiger partial charge in [0.15, 0.2) is 0 Å². The Morgan fingerprint density at radius 3 is 2.19 bits per heavy atom. The van der Waals surface area contributed by atoms with Crippen LogP contribution in [-0.4, -0.2) is 22.4 Å². The van der Waals surface area contributed by atoms with Crippen LogP contribution in [0.15, 0.2) is 73.1 Å². The second-order valence-electron chi connectivity index (χ2n) is 5.95. The summed E-state index contributed by atoms with van der Waals surface area (Å²) < 4.78 is 0. The van der Waals surface area contributed by atoms with E-state index in [0.717, 1.165) is 12.1 Å². The van der Waals surface area contributed by atoms with Crippen molar-refractivity contribution in [3.05, 3.63) is 89.7 Å². The van der Waals surface area contributed by atoms with Gasteiger partial charge in [0.1, 0.15) is 0 Å². The van der Waals surface area contributed by atoms with Crippen LogP contribution in [0.2, 0.25) is 0 Å². The van der Waals surface area contributed by atoms with E-state index in [-0.39, 0.29) is 11.9 Å². The molecular formula is C21H22N4O. The minimum absolute atomic E-state index is 0.125. The van der Waals surface area contributed by atoms with Gasteiger partial charge in [0.2, 0.25) is 5.95 Å². The first kappa shape index (κ1) is 17.6. The molecule has 1 aromatic heterocycles. The van der Waals surface area contributed by atoms with Gasteiger partial charge in [0, 0.05) is 18.9 Å². The van der Waals surface area contributed by atoms with E-state index >= 15 is 0 Å². The Kier molecular flexibility index (Phi) is 5.93. The molecule has 0 saturated heterocycles. The zero-order valence-electron chi connectivity index (χ0n) is 14.7. The summed E-state index contributed by atoms with van der Waals surface area (Å²) in [5.74, 6) is 0.339. The van der Waals surface area contributed by atoms with Crippen LogP contribution in [0.3, 0.4) is 0 Å². The van der Waals surface area contributed by atoms with Crippen molar-refractivity contribution < 1.29 is 4.79 Å². The molecule has 0 spiro atoms. The fraction of sp³-hybridized carbons (Fsp3) is 0.190. The highest BCUT2D eigenvalue weighted by atomic mass is 16.1. The first-order valence-electron chi connectivity index (χ1n) is 8.72. The molecule has 0 aliphatic rings. The molecule has 132 valence electrons. The highest BCUT2D eigenvalue weighted by molar-refractivity contribution is 5.94. The Morgan fingerprint density at radius 2 is 1.58 bits per heavy atom. The average molecular weight is 346 g/mol. The molecule has 5 heteroatoms. The zero-order valence-corrected chi connectivity index (χ0v) is 14.7. The summed E-state index contributed by atoms with van der Waals surface area (Å²) in [5, 5.41) is 6.13. The molecule has 3 rings (SSSR count). The lowest BCUT2D eigenvalue weighted by molar-refractivity contribution is 0.0936. The Bertz CT molecular complexity index is 820. The van der Waals surface area contributed by atoms with Gasteiger partial charge in [0.25, 0.3) is 5.91 Å². The number of hydrogen-bond acceptors (Lipinski definition) is 4. The van der Waals surface area contributed by atoms with Gasteiger partial charge in [-0.3, -0.25) is 4.79 Å². The van der Waals surface area contributed by atoms with Gasteiger partial charge in [-0.25, -0.2) is 9.97 Å². The SMILES string of the molecule is CCNc1ncc(C(=O)N[C@@H](Cc2ccccc2)c2ccccc2)cn1. The monoisotopic (exact) mass is 346 g/mol. The van der Waals surface area contributed by atoms with Crippen molar-refractivity contribution in [3.63, 3.8) is 0 Å². The van der Waals surface area contributed by atoms with E-state index in [0.29, 0.717) is 17.9 Å². The van der Waals surface area contributed by atoms with Gasteiger partial charge in [-0.15, -0.1) is 0 Å². The number of hydrogen-bond donors (Lipinski definition) is 2. The van der Waals surface area contributed by atoms with Gasteiger partial charge < -0.3 is 10.6 Å². The maximum absolute atomic E-state index is 12.7. The molecule has 3 aromatic rings. The smallest absolute Gasteiger partial charge is 0.254 e. The standard InChI is InChI=1S/C21H22N4O/c1-2-22-21-23-14-18(15-24-21)20(26)25-19(17-11-7-4-8-12-17)13-16-9-5-3-6-10-16/h3-12,14-15,19H,2,13H2,1H3,(H,25,26)(H,22,23,24)/t19-/m0/s1. The van der Waals surface area contributed by atoms with E-state index < -0.39 is 0 Å². The van der Waals surface area contributed by atoms with Crippen molar-refractivity contribution in [1.29, 1.82) is 0 Å². The van der Waals surface area contributed by atoms with Crippen LogP contribution in [0, 0.1) is 0 Å². The molecule has 0 aliphatic heterocycles. The van der Waals surface area contributed by atoms with Crippen molar-refractivity contribution in [2.24, 2.45) is 0 Å². The molecule has 0 fully saturated rings. The van der Waals surface area contributed by atoms with E-state index in [1.54, 1.807) is 12.4 Å². The van der Waals surface area contributed by atoms with Gasteiger partial charge >= 0.3 is 0 Å². The Labute approximate surface area is 153 Å². The van der Waals surface area contributed by atoms with E-state index in [4.69, 9.17) is 0 Å². The number of amides is 1. The fourth-order valence-corrected chi connectivity index (χ4v) is 2.72. The first-order chi connectivity index (χ1) is 12.8. The van der Waals surface area contributed by atoms with Crippen molar-refractivity contribution in [2.75, 3.05) is 11.9 Å². The molecule has 1 amide bonds. The zero-order chi connectivity index (χ0) is 18.2. The van der Waals surface area contributed by atoms with Crippen LogP contribution in [0.1, 0.15) is 34.5 Å². The van der Waals surface area contributed by atoms with Crippen molar-refractivity contribution in [1.82, 2.24) is 15.3 Å². The predicted molar refractivity (Wildman–Crippen MR) is 103 cm³/mol. The number of benzene rings is 2. The third-order valence-corrected chi connectivity index (χ3v) is 4.04. The highest BCUT2D eigenvalue weighted by Crippen LogP contribution is 2.19. The molecule has 0 aliphatic carbocycles. The van der Waals surface area contributed by atoms with Crippen molar-refractivity contribution in [3.8, 4) is 0 Å². The molecule has 1 atom stereocenters. The van der Waals surface area contributed by atoms with Gasteiger partial charge in [-0.2, -0.15) is 0 Å². The van der Waals surface area contributed by atoms with E-state index in [1.807, 2.05) is 55.5 Å². The molecule has 0 radical (unpaired) electrons. The van der Waals surface area contributed by atoms with Crippen LogP contribution in [0.4, 0.5) is 5.95 Å². The second-order valence-corrected chi connectivity index (χ2v) is 5.95. The summed E-state index contributed by atoms with van der Waals surface area (Å²) in [7, 11) is 0. The minimum Gasteiger partial charge on any atom is -0.355 e. The number of aromatic nitrogens is 2. The fourth-order valence-electron chi connectivity index (χ4n) is 2.72. The van der Waals surface area contributed by atoms with Crippen LogP contribution in [0.5, 0.6) is 0 Å². The first-order valence-corrected chi connectivity index (χ1v) is 8.72. The molecule has 0 unspecified atom stereocenters. The van der Waals surface area contributed by atoms with E-state index in [2.05, 4.69) is 32.7 Å². The number of rotatable bonds is 7. The van der Waals surface area contributed by atoms with Crippen LogP contribution in [0.25, 0.3) is 0 Å². The Hall–Kier alpha value is -3.21. The summed E-state index contributed by atoms with van der Waals surface area (Å²) in [6, 6.07) is 20.0. The third kappa shape index (κ3) is 4.66. The number of nitrogens with one attached hydrogen (secondary N) is 2. The lowest BCUT2D eigenvalue weighted by atomic mass is 9.98. The molecule has 2 aromatic carbocycles. The minimum atomic E-state index is -0.183. The summed E-state index contributed by atoms with van der Waals surface area (Å²) in [6.45, 7) is 2.71. The van der Waals surface area contributed by atoms with Crippen molar-refractivity contribution >= 4 is 11.9 Å². The largest absolute Gasteiger partial charge is 0.355 e. The average Bonchev–Trinajstić information content (AvgIpc) is 2.70. The molecule has 1 heterocycles. The van der Waals surface area contributed by atoms with E-state index in [9.17, 15) is 4.79 Å².